The summed E-state index contributed by atoms with van der Waals surface area (Å²) in [6, 6.07) is 2.62. The molecule has 2 aromatic heterocycles. The van der Waals surface area contributed by atoms with Crippen LogP contribution in [0.1, 0.15) is 25.2 Å². The second kappa shape index (κ2) is 4.80. The third-order valence-electron chi connectivity index (χ3n) is 2.41. The molecule has 2 heterocycles. The number of hydrogen-bond donors (Lipinski definition) is 2. The van der Waals surface area contributed by atoms with E-state index in [9.17, 15) is 0 Å². The van der Waals surface area contributed by atoms with Crippen LogP contribution in [-0.2, 0) is 6.54 Å². The predicted octanol–water partition coefficient (Wildman–Crippen LogP) is 2.94. The molecule has 86 valence electrons. The summed E-state index contributed by atoms with van der Waals surface area (Å²) in [5.41, 5.74) is 2.42. The highest BCUT2D eigenvalue weighted by Gasteiger charge is 2.07. The van der Waals surface area contributed by atoms with Gasteiger partial charge in [-0.25, -0.2) is 4.98 Å². The van der Waals surface area contributed by atoms with Crippen molar-refractivity contribution in [3.63, 3.8) is 0 Å². The Bertz CT molecular complexity index is 456. The molecule has 0 unspecified atom stereocenters. The fourth-order valence-corrected chi connectivity index (χ4v) is 2.41. The van der Waals surface area contributed by atoms with Gasteiger partial charge < -0.3 is 10.3 Å². The summed E-state index contributed by atoms with van der Waals surface area (Å²) in [4.78, 5) is 9.00. The Labute approximate surface area is 99.9 Å². The molecule has 0 fully saturated rings. The van der Waals surface area contributed by atoms with Crippen molar-refractivity contribution in [3.8, 4) is 10.6 Å². The summed E-state index contributed by atoms with van der Waals surface area (Å²) < 4.78 is 0. The monoisotopic (exact) mass is 235 g/mol. The number of imidazole rings is 1. The molecule has 0 aliphatic heterocycles. The van der Waals surface area contributed by atoms with Crippen molar-refractivity contribution >= 4 is 11.3 Å². The summed E-state index contributed by atoms with van der Waals surface area (Å²) in [6.07, 6.45) is 1.91. The SMILES string of the molecule is Cc1ccsc1-c1cnc(CNC(C)C)[nH]1. The smallest absolute Gasteiger partial charge is 0.120 e. The largest absolute Gasteiger partial charge is 0.340 e. The van der Waals surface area contributed by atoms with Gasteiger partial charge in [0.15, 0.2) is 0 Å². The molecule has 3 nitrogen and oxygen atoms in total. The lowest BCUT2D eigenvalue weighted by Gasteiger charge is -2.04. The Morgan fingerprint density at radius 2 is 2.31 bits per heavy atom. The predicted molar refractivity (Wildman–Crippen MR) is 68.6 cm³/mol. The fraction of sp³-hybridized carbons (Fsp3) is 0.417. The zero-order chi connectivity index (χ0) is 11.5. The molecular weight excluding hydrogens is 218 g/mol. The Morgan fingerprint density at radius 1 is 1.50 bits per heavy atom. The molecule has 2 aromatic rings. The highest BCUT2D eigenvalue weighted by molar-refractivity contribution is 7.13. The Hall–Kier alpha value is -1.13. The number of nitrogens with one attached hydrogen (secondary N) is 2. The Balaban J connectivity index is 2.11. The normalized spacial score (nSPS) is 11.2. The van der Waals surface area contributed by atoms with Gasteiger partial charge in [-0.1, -0.05) is 13.8 Å². The molecule has 16 heavy (non-hydrogen) atoms. The molecular formula is C12H17N3S. The molecule has 0 bridgehead atoms. The fourth-order valence-electron chi connectivity index (χ4n) is 1.52. The third-order valence-corrected chi connectivity index (χ3v) is 3.46. The van der Waals surface area contributed by atoms with E-state index in [1.165, 1.54) is 10.4 Å². The molecule has 0 aliphatic rings. The molecule has 0 saturated carbocycles. The number of aryl methyl sites for hydroxylation is 1. The van der Waals surface area contributed by atoms with Crippen LogP contribution in [0.2, 0.25) is 0 Å². The Morgan fingerprint density at radius 3 is 2.94 bits per heavy atom. The molecule has 0 spiro atoms. The molecule has 0 atom stereocenters. The quantitative estimate of drug-likeness (QED) is 0.855. The van der Waals surface area contributed by atoms with Gasteiger partial charge in [0, 0.05) is 6.04 Å². The molecule has 0 radical (unpaired) electrons. The van der Waals surface area contributed by atoms with E-state index in [0.717, 1.165) is 18.1 Å². The van der Waals surface area contributed by atoms with Crippen molar-refractivity contribution in [1.29, 1.82) is 0 Å². The van der Waals surface area contributed by atoms with Gasteiger partial charge in [-0.2, -0.15) is 0 Å². The van der Waals surface area contributed by atoms with Crippen LogP contribution in [0.5, 0.6) is 0 Å². The van der Waals surface area contributed by atoms with Gasteiger partial charge in [-0.05, 0) is 23.9 Å². The minimum Gasteiger partial charge on any atom is -0.340 e. The van der Waals surface area contributed by atoms with Gasteiger partial charge in [0.05, 0.1) is 23.3 Å². The number of nitrogens with zero attached hydrogens (tertiary/aromatic N) is 1. The van der Waals surface area contributed by atoms with Gasteiger partial charge in [0.25, 0.3) is 0 Å². The summed E-state index contributed by atoms with van der Waals surface area (Å²) in [5.74, 6) is 0.997. The molecule has 0 aromatic carbocycles. The topological polar surface area (TPSA) is 40.7 Å². The van der Waals surface area contributed by atoms with Crippen LogP contribution in [0, 0.1) is 6.92 Å². The third kappa shape index (κ3) is 2.51. The number of thiophene rings is 1. The van der Waals surface area contributed by atoms with Crippen molar-refractivity contribution in [2.24, 2.45) is 0 Å². The van der Waals surface area contributed by atoms with E-state index in [-0.39, 0.29) is 0 Å². The highest BCUT2D eigenvalue weighted by Crippen LogP contribution is 2.27. The number of aromatic nitrogens is 2. The van der Waals surface area contributed by atoms with Crippen molar-refractivity contribution < 1.29 is 0 Å². The second-order valence-corrected chi connectivity index (χ2v) is 5.13. The van der Waals surface area contributed by atoms with E-state index < -0.39 is 0 Å². The first-order valence-electron chi connectivity index (χ1n) is 5.48. The maximum Gasteiger partial charge on any atom is 0.120 e. The summed E-state index contributed by atoms with van der Waals surface area (Å²) in [7, 11) is 0. The minimum atomic E-state index is 0.483. The van der Waals surface area contributed by atoms with Gasteiger partial charge in [0.1, 0.15) is 5.82 Å². The van der Waals surface area contributed by atoms with E-state index in [0.29, 0.717) is 6.04 Å². The van der Waals surface area contributed by atoms with E-state index in [1.54, 1.807) is 11.3 Å². The molecule has 0 saturated heterocycles. The van der Waals surface area contributed by atoms with E-state index in [2.05, 4.69) is 47.5 Å². The first kappa shape index (κ1) is 11.4. The van der Waals surface area contributed by atoms with Crippen LogP contribution in [0.4, 0.5) is 0 Å². The van der Waals surface area contributed by atoms with Crippen LogP contribution in [-0.4, -0.2) is 16.0 Å². The molecule has 0 amide bonds. The maximum absolute atomic E-state index is 4.37. The zero-order valence-corrected chi connectivity index (χ0v) is 10.7. The average molecular weight is 235 g/mol. The van der Waals surface area contributed by atoms with Crippen LogP contribution >= 0.6 is 11.3 Å². The standard InChI is InChI=1S/C12H17N3S/c1-8(2)13-7-11-14-6-10(15-11)12-9(3)4-5-16-12/h4-6,8,13H,7H2,1-3H3,(H,14,15). The maximum atomic E-state index is 4.37. The molecule has 0 aliphatic carbocycles. The number of hydrogen-bond acceptors (Lipinski definition) is 3. The lowest BCUT2D eigenvalue weighted by Crippen LogP contribution is -2.22. The van der Waals surface area contributed by atoms with Crippen molar-refractivity contribution in [3.05, 3.63) is 29.0 Å². The first-order valence-corrected chi connectivity index (χ1v) is 6.36. The first-order chi connectivity index (χ1) is 7.66. The summed E-state index contributed by atoms with van der Waals surface area (Å²) in [5, 5.41) is 5.45. The second-order valence-electron chi connectivity index (χ2n) is 4.21. The number of rotatable bonds is 4. The Kier molecular flexibility index (Phi) is 3.41. The molecule has 2 rings (SSSR count). The van der Waals surface area contributed by atoms with Gasteiger partial charge >= 0.3 is 0 Å². The summed E-state index contributed by atoms with van der Waals surface area (Å²) >= 11 is 1.75. The van der Waals surface area contributed by atoms with Crippen LogP contribution in [0.25, 0.3) is 10.6 Å². The summed E-state index contributed by atoms with van der Waals surface area (Å²) in [6.45, 7) is 7.18. The van der Waals surface area contributed by atoms with Crippen LogP contribution in [0.15, 0.2) is 17.6 Å². The lowest BCUT2D eigenvalue weighted by atomic mass is 10.2. The van der Waals surface area contributed by atoms with Crippen molar-refractivity contribution in [2.75, 3.05) is 0 Å². The van der Waals surface area contributed by atoms with Crippen LogP contribution in [0.3, 0.4) is 0 Å². The number of aromatic amines is 1. The van der Waals surface area contributed by atoms with Gasteiger partial charge in [0.2, 0.25) is 0 Å². The zero-order valence-electron chi connectivity index (χ0n) is 9.87. The average Bonchev–Trinajstić information content (AvgIpc) is 2.83. The molecule has 2 N–H and O–H groups in total. The molecule has 4 heteroatoms. The van der Waals surface area contributed by atoms with Crippen molar-refractivity contribution in [1.82, 2.24) is 15.3 Å². The van der Waals surface area contributed by atoms with Crippen LogP contribution < -0.4 is 5.32 Å². The number of H-pyrrole nitrogens is 1. The minimum absolute atomic E-state index is 0.483. The van der Waals surface area contributed by atoms with E-state index in [1.807, 2.05) is 6.20 Å². The lowest BCUT2D eigenvalue weighted by molar-refractivity contribution is 0.575. The van der Waals surface area contributed by atoms with E-state index >= 15 is 0 Å². The van der Waals surface area contributed by atoms with Crippen molar-refractivity contribution in [2.45, 2.75) is 33.4 Å². The van der Waals surface area contributed by atoms with Gasteiger partial charge in [-0.15, -0.1) is 11.3 Å². The van der Waals surface area contributed by atoms with Gasteiger partial charge in [-0.3, -0.25) is 0 Å². The highest BCUT2D eigenvalue weighted by atomic mass is 32.1. The van der Waals surface area contributed by atoms with E-state index in [4.69, 9.17) is 0 Å².